The standard InChI is InChI=1S/C7H12FN3O2S2/c8-1-2-11(10-13)7(12)9-6-3-14-5-15-4-6/h6H,1-5H2,(H,9,12). The van der Waals surface area contributed by atoms with Gasteiger partial charge in [-0.3, -0.25) is 0 Å². The molecule has 0 aromatic heterocycles. The lowest BCUT2D eigenvalue weighted by Crippen LogP contribution is -2.46. The molecule has 1 N–H and O–H groups in total. The van der Waals surface area contributed by atoms with Crippen LogP contribution in [0.15, 0.2) is 5.29 Å². The average Bonchev–Trinajstić information content (AvgIpc) is 2.27. The molecular weight excluding hydrogens is 241 g/mol. The summed E-state index contributed by atoms with van der Waals surface area (Å²) in [6, 6.07) is -0.583. The van der Waals surface area contributed by atoms with Gasteiger partial charge in [0.1, 0.15) is 6.67 Å². The quantitative estimate of drug-likeness (QED) is 0.608. The molecule has 0 aromatic carbocycles. The molecule has 0 atom stereocenters. The lowest BCUT2D eigenvalue weighted by atomic mass is 10.4. The third-order valence-corrected chi connectivity index (χ3v) is 4.37. The maximum atomic E-state index is 11.9. The first-order valence-corrected chi connectivity index (χ1v) is 6.71. The molecule has 1 rings (SSSR count). The molecule has 1 heterocycles. The molecule has 0 aliphatic carbocycles. The maximum Gasteiger partial charge on any atom is 0.340 e. The summed E-state index contributed by atoms with van der Waals surface area (Å²) < 4.78 is 11.9. The fraction of sp³-hybridized carbons (Fsp3) is 0.857. The van der Waals surface area contributed by atoms with Crippen molar-refractivity contribution in [2.75, 3.05) is 29.8 Å². The Morgan fingerprint density at radius 2 is 2.20 bits per heavy atom. The highest BCUT2D eigenvalue weighted by Gasteiger charge is 2.20. The number of carbonyl (C=O) groups is 1. The molecule has 0 bridgehead atoms. The van der Waals surface area contributed by atoms with E-state index in [-0.39, 0.29) is 12.6 Å². The molecule has 1 saturated heterocycles. The molecular formula is C7H12FN3O2S2. The summed E-state index contributed by atoms with van der Waals surface area (Å²) in [6.45, 7) is -1.06. The van der Waals surface area contributed by atoms with Gasteiger partial charge in [-0.2, -0.15) is 5.01 Å². The first kappa shape index (κ1) is 12.6. The van der Waals surface area contributed by atoms with Crippen LogP contribution in [0.1, 0.15) is 0 Å². The number of nitrogens with zero attached hydrogens (tertiary/aromatic N) is 2. The zero-order valence-electron chi connectivity index (χ0n) is 8.02. The minimum Gasteiger partial charge on any atom is -0.332 e. The number of hydrogen-bond acceptors (Lipinski definition) is 5. The Kier molecular flexibility index (Phi) is 5.77. The molecule has 15 heavy (non-hydrogen) atoms. The molecule has 0 saturated carbocycles. The van der Waals surface area contributed by atoms with Crippen LogP contribution in [0.4, 0.5) is 9.18 Å². The number of halogens is 1. The van der Waals surface area contributed by atoms with Crippen molar-refractivity contribution >= 4 is 29.6 Å². The van der Waals surface area contributed by atoms with E-state index in [9.17, 15) is 14.1 Å². The molecule has 2 amide bonds. The van der Waals surface area contributed by atoms with Crippen molar-refractivity contribution in [3.63, 3.8) is 0 Å². The summed E-state index contributed by atoms with van der Waals surface area (Å²) >= 11 is 3.45. The number of urea groups is 1. The third-order valence-electron chi connectivity index (χ3n) is 1.76. The van der Waals surface area contributed by atoms with Gasteiger partial charge in [0.05, 0.1) is 11.8 Å². The highest BCUT2D eigenvalue weighted by molar-refractivity contribution is 8.16. The van der Waals surface area contributed by atoms with Gasteiger partial charge in [-0.15, -0.1) is 28.4 Å². The second kappa shape index (κ2) is 6.89. The zero-order chi connectivity index (χ0) is 11.1. The summed E-state index contributed by atoms with van der Waals surface area (Å²) in [4.78, 5) is 21.6. The van der Waals surface area contributed by atoms with Gasteiger partial charge in [-0.1, -0.05) is 0 Å². The van der Waals surface area contributed by atoms with Crippen LogP contribution >= 0.6 is 23.5 Å². The molecule has 86 valence electrons. The second-order valence-electron chi connectivity index (χ2n) is 2.90. The Morgan fingerprint density at radius 1 is 1.53 bits per heavy atom. The molecule has 0 radical (unpaired) electrons. The highest BCUT2D eigenvalue weighted by Crippen LogP contribution is 2.21. The predicted molar refractivity (Wildman–Crippen MR) is 60.6 cm³/mol. The Morgan fingerprint density at radius 3 is 2.73 bits per heavy atom. The van der Waals surface area contributed by atoms with Crippen molar-refractivity contribution in [2.45, 2.75) is 6.04 Å². The van der Waals surface area contributed by atoms with Crippen LogP contribution < -0.4 is 5.32 Å². The number of carbonyl (C=O) groups excluding carboxylic acids is 1. The Bertz CT molecular complexity index is 226. The highest BCUT2D eigenvalue weighted by atomic mass is 32.2. The molecule has 1 aliphatic rings. The molecule has 0 unspecified atom stereocenters. The van der Waals surface area contributed by atoms with Crippen LogP contribution in [0.5, 0.6) is 0 Å². The molecule has 0 aromatic rings. The lowest BCUT2D eigenvalue weighted by molar-refractivity contribution is 0.192. The molecule has 1 aliphatic heterocycles. The van der Waals surface area contributed by atoms with Crippen molar-refractivity contribution in [1.29, 1.82) is 0 Å². The molecule has 8 heteroatoms. The van der Waals surface area contributed by atoms with Crippen LogP contribution in [0.25, 0.3) is 0 Å². The van der Waals surface area contributed by atoms with Crippen LogP contribution in [0, 0.1) is 4.91 Å². The fourth-order valence-electron chi connectivity index (χ4n) is 1.08. The summed E-state index contributed by atoms with van der Waals surface area (Å²) in [7, 11) is 0. The SMILES string of the molecule is O=NN(CCF)C(=O)NC1CSCSC1. The van der Waals surface area contributed by atoms with E-state index in [4.69, 9.17) is 0 Å². The smallest absolute Gasteiger partial charge is 0.332 e. The van der Waals surface area contributed by atoms with Gasteiger partial charge in [0.2, 0.25) is 0 Å². The van der Waals surface area contributed by atoms with E-state index in [0.29, 0.717) is 5.01 Å². The van der Waals surface area contributed by atoms with Gasteiger partial charge < -0.3 is 5.32 Å². The molecule has 5 nitrogen and oxygen atoms in total. The number of amides is 2. The number of nitroso groups, excluding NO2 is 1. The topological polar surface area (TPSA) is 61.8 Å². The van der Waals surface area contributed by atoms with Gasteiger partial charge in [-0.25, -0.2) is 9.18 Å². The van der Waals surface area contributed by atoms with Crippen LogP contribution in [-0.4, -0.2) is 46.9 Å². The minimum absolute atomic E-state index is 0.0325. The van der Waals surface area contributed by atoms with Crippen molar-refractivity contribution < 1.29 is 9.18 Å². The van der Waals surface area contributed by atoms with E-state index in [1.165, 1.54) is 0 Å². The fourth-order valence-corrected chi connectivity index (χ4v) is 3.44. The Labute approximate surface area is 95.5 Å². The van der Waals surface area contributed by atoms with Crippen molar-refractivity contribution in [3.8, 4) is 0 Å². The maximum absolute atomic E-state index is 11.9. The normalized spacial score (nSPS) is 17.1. The van der Waals surface area contributed by atoms with Crippen molar-refractivity contribution in [2.24, 2.45) is 5.29 Å². The summed E-state index contributed by atoms with van der Waals surface area (Å²) in [6.07, 6.45) is 0. The number of alkyl halides is 1. The van der Waals surface area contributed by atoms with E-state index >= 15 is 0 Å². The Balaban J connectivity index is 2.34. The van der Waals surface area contributed by atoms with Crippen LogP contribution in [0.3, 0.4) is 0 Å². The Hall–Kier alpha value is -0.500. The summed E-state index contributed by atoms with van der Waals surface area (Å²) in [5.41, 5.74) is 0. The van der Waals surface area contributed by atoms with Gasteiger partial charge in [0, 0.05) is 22.6 Å². The van der Waals surface area contributed by atoms with Crippen LogP contribution in [0.2, 0.25) is 0 Å². The number of thioether (sulfide) groups is 2. The third kappa shape index (κ3) is 4.25. The van der Waals surface area contributed by atoms with Gasteiger partial charge >= 0.3 is 6.03 Å². The van der Waals surface area contributed by atoms with E-state index < -0.39 is 12.7 Å². The molecule has 0 spiro atoms. The minimum atomic E-state index is -0.771. The van der Waals surface area contributed by atoms with Gasteiger partial charge in [0.15, 0.2) is 0 Å². The summed E-state index contributed by atoms with van der Waals surface area (Å²) in [5.74, 6) is 1.64. The lowest BCUT2D eigenvalue weighted by Gasteiger charge is -2.23. The van der Waals surface area contributed by atoms with Gasteiger partial charge in [0.25, 0.3) is 0 Å². The average molecular weight is 253 g/mol. The first-order chi connectivity index (χ1) is 7.27. The van der Waals surface area contributed by atoms with Crippen LogP contribution in [-0.2, 0) is 0 Å². The zero-order valence-corrected chi connectivity index (χ0v) is 9.65. The monoisotopic (exact) mass is 253 g/mol. The first-order valence-electron chi connectivity index (χ1n) is 4.40. The van der Waals surface area contributed by atoms with E-state index in [2.05, 4.69) is 10.6 Å². The van der Waals surface area contributed by atoms with E-state index in [1.807, 2.05) is 0 Å². The largest absolute Gasteiger partial charge is 0.340 e. The number of nitrogens with one attached hydrogen (secondary N) is 1. The number of hydrogen-bond donors (Lipinski definition) is 1. The number of rotatable bonds is 4. The van der Waals surface area contributed by atoms with Crippen molar-refractivity contribution in [3.05, 3.63) is 4.91 Å². The molecule has 1 fully saturated rings. The van der Waals surface area contributed by atoms with Crippen molar-refractivity contribution in [1.82, 2.24) is 10.3 Å². The predicted octanol–water partition coefficient (Wildman–Crippen LogP) is 1.45. The van der Waals surface area contributed by atoms with E-state index in [1.54, 1.807) is 23.5 Å². The summed E-state index contributed by atoms with van der Waals surface area (Å²) in [5, 5.41) is 6.69. The van der Waals surface area contributed by atoms with Gasteiger partial charge in [-0.05, 0) is 0 Å². The second-order valence-corrected chi connectivity index (χ2v) is 5.33. The van der Waals surface area contributed by atoms with E-state index in [0.717, 1.165) is 16.6 Å².